The highest BCUT2D eigenvalue weighted by molar-refractivity contribution is 7.91. The summed E-state index contributed by atoms with van der Waals surface area (Å²) in [6, 6.07) is 7.39. The number of hydrogen-bond donors (Lipinski definition) is 0. The molecule has 184 valence electrons. The summed E-state index contributed by atoms with van der Waals surface area (Å²) in [6.07, 6.45) is -2.82. The first-order chi connectivity index (χ1) is 15.9. The number of Topliss-reactive ketones (excluding diaryl/α,β-unsaturated/α-hetero) is 2. The lowest BCUT2D eigenvalue weighted by Crippen LogP contribution is -2.33. The van der Waals surface area contributed by atoms with Gasteiger partial charge < -0.3 is 0 Å². The monoisotopic (exact) mass is 494 g/mol. The van der Waals surface area contributed by atoms with Crippen LogP contribution in [0.1, 0.15) is 66.8 Å². The minimum absolute atomic E-state index is 0.0999. The molecule has 0 spiro atoms. The van der Waals surface area contributed by atoms with Crippen LogP contribution in [-0.4, -0.2) is 25.7 Å². The highest BCUT2D eigenvalue weighted by Crippen LogP contribution is 2.37. The van der Waals surface area contributed by atoms with E-state index in [0.717, 1.165) is 46.5 Å². The van der Waals surface area contributed by atoms with Crippen molar-refractivity contribution in [2.75, 3.05) is 5.75 Å². The number of benzene rings is 2. The fourth-order valence-electron chi connectivity index (χ4n) is 4.78. The SMILES string of the molecule is CCc1cc(C)cc(CC)c1C1C(=O)CC(CCS(=O)(=O)c2ccc(C(F)(F)F)cc2)CC1=O. The lowest BCUT2D eigenvalue weighted by Gasteiger charge is -2.29. The van der Waals surface area contributed by atoms with Crippen molar-refractivity contribution in [3.8, 4) is 0 Å². The van der Waals surface area contributed by atoms with Gasteiger partial charge in [0.25, 0.3) is 0 Å². The Morgan fingerprint density at radius 2 is 1.41 bits per heavy atom. The van der Waals surface area contributed by atoms with Gasteiger partial charge in [0.1, 0.15) is 17.5 Å². The Bertz CT molecular complexity index is 1140. The Balaban J connectivity index is 1.73. The minimum Gasteiger partial charge on any atom is -0.299 e. The van der Waals surface area contributed by atoms with Crippen LogP contribution in [0.3, 0.4) is 0 Å². The standard InChI is InChI=1S/C26H29F3O4S/c1-4-18-12-16(3)13-19(5-2)24(18)25-22(30)14-17(15-23(25)31)10-11-34(32,33)21-8-6-20(7-9-21)26(27,28)29/h6-9,12-13,17,25H,4-5,10-11,14-15H2,1-3H3. The summed E-state index contributed by atoms with van der Waals surface area (Å²) in [4.78, 5) is 26.0. The van der Waals surface area contributed by atoms with Gasteiger partial charge in [0.2, 0.25) is 0 Å². The molecule has 0 amide bonds. The molecule has 4 nitrogen and oxygen atoms in total. The molecule has 1 fully saturated rings. The number of rotatable bonds is 7. The van der Waals surface area contributed by atoms with Crippen LogP contribution >= 0.6 is 0 Å². The van der Waals surface area contributed by atoms with E-state index in [0.29, 0.717) is 12.8 Å². The third kappa shape index (κ3) is 5.59. The maximum atomic E-state index is 13.1. The Kier molecular flexibility index (Phi) is 7.70. The van der Waals surface area contributed by atoms with Crippen LogP contribution in [0, 0.1) is 12.8 Å². The Morgan fingerprint density at radius 1 is 0.912 bits per heavy atom. The molecule has 3 rings (SSSR count). The molecule has 2 aromatic rings. The highest BCUT2D eigenvalue weighted by Gasteiger charge is 2.39. The van der Waals surface area contributed by atoms with E-state index >= 15 is 0 Å². The van der Waals surface area contributed by atoms with Crippen LogP contribution in [0.15, 0.2) is 41.3 Å². The number of sulfone groups is 1. The van der Waals surface area contributed by atoms with Crippen molar-refractivity contribution in [3.63, 3.8) is 0 Å². The second-order valence-corrected chi connectivity index (χ2v) is 11.1. The fraction of sp³-hybridized carbons (Fsp3) is 0.462. The average molecular weight is 495 g/mol. The first-order valence-electron chi connectivity index (χ1n) is 11.4. The number of carbonyl (C=O) groups is 2. The van der Waals surface area contributed by atoms with Gasteiger partial charge in [0.05, 0.1) is 16.2 Å². The molecule has 0 aromatic heterocycles. The summed E-state index contributed by atoms with van der Waals surface area (Å²) >= 11 is 0. The van der Waals surface area contributed by atoms with Crippen molar-refractivity contribution in [2.45, 2.75) is 69.9 Å². The molecular weight excluding hydrogens is 465 g/mol. The normalized spacial score (nSPS) is 19.5. The average Bonchev–Trinajstić information content (AvgIpc) is 2.77. The molecule has 0 saturated heterocycles. The topological polar surface area (TPSA) is 68.3 Å². The molecule has 0 atom stereocenters. The van der Waals surface area contributed by atoms with E-state index in [4.69, 9.17) is 0 Å². The smallest absolute Gasteiger partial charge is 0.299 e. The number of halogens is 3. The Hall–Kier alpha value is -2.48. The van der Waals surface area contributed by atoms with Crippen molar-refractivity contribution < 1.29 is 31.2 Å². The van der Waals surface area contributed by atoms with Gasteiger partial charge in [0.15, 0.2) is 9.84 Å². The van der Waals surface area contributed by atoms with Gasteiger partial charge in [-0.3, -0.25) is 9.59 Å². The molecule has 1 saturated carbocycles. The molecule has 0 unspecified atom stereocenters. The fourth-order valence-corrected chi connectivity index (χ4v) is 6.21. The number of carbonyl (C=O) groups excluding carboxylic acids is 2. The predicted molar refractivity (Wildman–Crippen MR) is 124 cm³/mol. The van der Waals surface area contributed by atoms with Gasteiger partial charge >= 0.3 is 6.18 Å². The summed E-state index contributed by atoms with van der Waals surface area (Å²) in [5, 5.41) is 0. The molecule has 0 heterocycles. The summed E-state index contributed by atoms with van der Waals surface area (Å²) in [7, 11) is -3.84. The van der Waals surface area contributed by atoms with Gasteiger partial charge in [-0.1, -0.05) is 31.5 Å². The van der Waals surface area contributed by atoms with Crippen molar-refractivity contribution >= 4 is 21.4 Å². The van der Waals surface area contributed by atoms with Crippen LogP contribution in [0.4, 0.5) is 13.2 Å². The van der Waals surface area contributed by atoms with Crippen molar-refractivity contribution in [3.05, 3.63) is 64.2 Å². The number of alkyl halides is 3. The number of hydrogen-bond acceptors (Lipinski definition) is 4. The van der Waals surface area contributed by atoms with E-state index in [9.17, 15) is 31.2 Å². The van der Waals surface area contributed by atoms with E-state index in [1.54, 1.807) is 0 Å². The summed E-state index contributed by atoms with van der Waals surface area (Å²) in [5.41, 5.74) is 2.95. The van der Waals surface area contributed by atoms with Gasteiger partial charge in [-0.05, 0) is 73.1 Å². The third-order valence-corrected chi connectivity index (χ3v) is 8.27. The molecule has 0 N–H and O–H groups in total. The number of aryl methyl sites for hydroxylation is 3. The lowest BCUT2D eigenvalue weighted by atomic mass is 9.73. The van der Waals surface area contributed by atoms with E-state index in [1.165, 1.54) is 0 Å². The summed E-state index contributed by atoms with van der Waals surface area (Å²) < 4.78 is 63.5. The zero-order valence-electron chi connectivity index (χ0n) is 19.5. The minimum atomic E-state index is -4.55. The third-order valence-electron chi connectivity index (χ3n) is 6.51. The van der Waals surface area contributed by atoms with Gasteiger partial charge in [0, 0.05) is 12.8 Å². The van der Waals surface area contributed by atoms with Crippen LogP contribution in [0.25, 0.3) is 0 Å². The van der Waals surface area contributed by atoms with Crippen LogP contribution in [-0.2, 0) is 38.4 Å². The largest absolute Gasteiger partial charge is 0.416 e. The Labute approximate surface area is 198 Å². The molecule has 34 heavy (non-hydrogen) atoms. The maximum Gasteiger partial charge on any atom is 0.416 e. The Morgan fingerprint density at radius 3 is 1.85 bits per heavy atom. The zero-order chi connectivity index (χ0) is 25.3. The zero-order valence-corrected chi connectivity index (χ0v) is 20.4. The molecule has 1 aliphatic carbocycles. The van der Waals surface area contributed by atoms with E-state index < -0.39 is 33.4 Å². The molecule has 0 bridgehead atoms. The summed E-state index contributed by atoms with van der Waals surface area (Å²) in [6.45, 7) is 5.97. The lowest BCUT2D eigenvalue weighted by molar-refractivity contribution is -0.137. The second kappa shape index (κ2) is 10.0. The molecule has 2 aromatic carbocycles. The van der Waals surface area contributed by atoms with Gasteiger partial charge in [-0.15, -0.1) is 0 Å². The molecule has 1 aliphatic rings. The maximum absolute atomic E-state index is 13.1. The quantitative estimate of drug-likeness (QED) is 0.468. The van der Waals surface area contributed by atoms with Crippen LogP contribution < -0.4 is 0 Å². The first kappa shape index (κ1) is 26.1. The first-order valence-corrected chi connectivity index (χ1v) is 13.1. The van der Waals surface area contributed by atoms with Crippen molar-refractivity contribution in [1.82, 2.24) is 0 Å². The molecular formula is C26H29F3O4S. The van der Waals surface area contributed by atoms with Crippen LogP contribution in [0.5, 0.6) is 0 Å². The van der Waals surface area contributed by atoms with Crippen molar-refractivity contribution in [1.29, 1.82) is 0 Å². The molecule has 0 radical (unpaired) electrons. The molecule has 8 heteroatoms. The van der Waals surface area contributed by atoms with Gasteiger partial charge in [-0.2, -0.15) is 13.2 Å². The van der Waals surface area contributed by atoms with E-state index in [2.05, 4.69) is 0 Å². The number of ketones is 2. The van der Waals surface area contributed by atoms with E-state index in [-0.39, 0.29) is 41.5 Å². The highest BCUT2D eigenvalue weighted by atomic mass is 32.2. The van der Waals surface area contributed by atoms with Crippen LogP contribution in [0.2, 0.25) is 0 Å². The summed E-state index contributed by atoms with van der Waals surface area (Å²) in [5.74, 6) is -1.93. The van der Waals surface area contributed by atoms with Crippen molar-refractivity contribution in [2.24, 2.45) is 5.92 Å². The van der Waals surface area contributed by atoms with Gasteiger partial charge in [-0.25, -0.2) is 8.42 Å². The van der Waals surface area contributed by atoms with E-state index in [1.807, 2.05) is 32.9 Å². The molecule has 0 aliphatic heterocycles. The second-order valence-electron chi connectivity index (χ2n) is 8.97. The predicted octanol–water partition coefficient (Wildman–Crippen LogP) is 5.63.